The first kappa shape index (κ1) is 7.48. The molecule has 0 unspecified atom stereocenters. The van der Waals surface area contributed by atoms with E-state index in [1.54, 1.807) is 6.20 Å². The van der Waals surface area contributed by atoms with Crippen molar-refractivity contribution in [2.75, 3.05) is 17.2 Å². The summed E-state index contributed by atoms with van der Waals surface area (Å²) in [6, 6.07) is 0. The maximum atomic E-state index is 10.9. The fraction of sp³-hybridized carbons (Fsp3) is 0.167. The highest BCUT2D eigenvalue weighted by atomic mass is 79.9. The van der Waals surface area contributed by atoms with Gasteiger partial charge in [-0.25, -0.2) is 9.97 Å². The third-order valence-electron chi connectivity index (χ3n) is 1.42. The summed E-state index contributed by atoms with van der Waals surface area (Å²) < 4.78 is 0.602. The molecule has 6 heteroatoms. The largest absolute Gasteiger partial charge is 0.358 e. The highest BCUT2D eigenvalue weighted by Gasteiger charge is 2.15. The summed E-state index contributed by atoms with van der Waals surface area (Å²) in [6.07, 6.45) is 1.57. The van der Waals surface area contributed by atoms with E-state index in [1.807, 2.05) is 0 Å². The van der Waals surface area contributed by atoms with Crippen molar-refractivity contribution >= 4 is 33.5 Å². The van der Waals surface area contributed by atoms with Gasteiger partial charge in [-0.1, -0.05) is 0 Å². The molecule has 2 rings (SSSR count). The van der Waals surface area contributed by atoms with E-state index >= 15 is 0 Å². The molecule has 0 bridgehead atoms. The number of rotatable bonds is 0. The van der Waals surface area contributed by atoms with Crippen molar-refractivity contribution in [1.82, 2.24) is 9.97 Å². The summed E-state index contributed by atoms with van der Waals surface area (Å²) in [7, 11) is 0. The number of fused-ring (bicyclic) bond motifs is 1. The Bertz CT molecular complexity index is 340. The molecule has 1 aromatic rings. The van der Waals surface area contributed by atoms with Gasteiger partial charge in [-0.05, 0) is 15.9 Å². The number of nitrogens with one attached hydrogen (secondary N) is 2. The van der Waals surface area contributed by atoms with E-state index in [0.717, 1.165) is 0 Å². The Balaban J connectivity index is 2.44. The molecule has 1 aliphatic heterocycles. The number of aromatic nitrogens is 2. The molecule has 2 N–H and O–H groups in total. The molecule has 2 heterocycles. The number of halogens is 1. The number of carbonyl (C=O) groups excluding carboxylic acids is 1. The first-order chi connectivity index (χ1) is 5.75. The van der Waals surface area contributed by atoms with Gasteiger partial charge in [-0.15, -0.1) is 0 Å². The Hall–Kier alpha value is -1.17. The fourth-order valence-corrected chi connectivity index (χ4v) is 1.20. The van der Waals surface area contributed by atoms with Crippen LogP contribution >= 0.6 is 15.9 Å². The van der Waals surface area contributed by atoms with Crippen LogP contribution in [0.4, 0.5) is 11.6 Å². The zero-order valence-corrected chi connectivity index (χ0v) is 7.55. The van der Waals surface area contributed by atoms with Gasteiger partial charge in [-0.2, -0.15) is 0 Å². The lowest BCUT2D eigenvalue weighted by Crippen LogP contribution is -2.28. The Morgan fingerprint density at radius 2 is 2.33 bits per heavy atom. The van der Waals surface area contributed by atoms with E-state index < -0.39 is 0 Å². The molecular weight excluding hydrogens is 224 g/mol. The van der Waals surface area contributed by atoms with E-state index in [-0.39, 0.29) is 12.5 Å². The van der Waals surface area contributed by atoms with E-state index in [1.165, 1.54) is 0 Å². The second-order valence-electron chi connectivity index (χ2n) is 2.29. The molecule has 0 saturated heterocycles. The highest BCUT2D eigenvalue weighted by Crippen LogP contribution is 2.20. The Labute approximate surface area is 76.7 Å². The van der Waals surface area contributed by atoms with Gasteiger partial charge in [0.1, 0.15) is 4.60 Å². The Morgan fingerprint density at radius 1 is 1.50 bits per heavy atom. The molecule has 1 aliphatic rings. The lowest BCUT2D eigenvalue weighted by Gasteiger charge is -2.15. The molecule has 0 aromatic carbocycles. The molecule has 0 atom stereocenters. The lowest BCUT2D eigenvalue weighted by atomic mass is 10.4. The summed E-state index contributed by atoms with van der Waals surface area (Å²) >= 11 is 3.16. The van der Waals surface area contributed by atoms with Gasteiger partial charge < -0.3 is 10.6 Å². The van der Waals surface area contributed by atoms with Crippen molar-refractivity contribution in [3.05, 3.63) is 10.8 Å². The van der Waals surface area contributed by atoms with Crippen molar-refractivity contribution in [3.63, 3.8) is 0 Å². The van der Waals surface area contributed by atoms with Gasteiger partial charge in [0.05, 0.1) is 12.7 Å². The van der Waals surface area contributed by atoms with Crippen molar-refractivity contribution < 1.29 is 4.79 Å². The van der Waals surface area contributed by atoms with Crippen LogP contribution in [0.15, 0.2) is 10.8 Å². The van der Waals surface area contributed by atoms with E-state index in [0.29, 0.717) is 16.2 Å². The highest BCUT2D eigenvalue weighted by molar-refractivity contribution is 9.10. The summed E-state index contributed by atoms with van der Waals surface area (Å²) in [4.78, 5) is 18.9. The third-order valence-corrected chi connectivity index (χ3v) is 1.80. The van der Waals surface area contributed by atoms with Crippen LogP contribution in [0.3, 0.4) is 0 Å². The first-order valence-corrected chi connectivity index (χ1v) is 4.11. The minimum absolute atomic E-state index is 0.102. The molecule has 12 heavy (non-hydrogen) atoms. The van der Waals surface area contributed by atoms with Crippen LogP contribution in [-0.2, 0) is 4.79 Å². The SMILES string of the molecule is O=C1CNc2ncc(Br)nc2N1. The molecule has 0 radical (unpaired) electrons. The summed E-state index contributed by atoms with van der Waals surface area (Å²) in [5.74, 6) is 0.980. The Morgan fingerprint density at radius 3 is 3.17 bits per heavy atom. The topological polar surface area (TPSA) is 66.9 Å². The molecule has 0 spiro atoms. The van der Waals surface area contributed by atoms with Gasteiger partial charge in [0.25, 0.3) is 0 Å². The van der Waals surface area contributed by atoms with Gasteiger partial charge in [0.15, 0.2) is 11.6 Å². The molecule has 62 valence electrons. The minimum atomic E-state index is -0.102. The quantitative estimate of drug-likeness (QED) is 0.683. The number of carbonyl (C=O) groups is 1. The molecule has 0 saturated carbocycles. The second kappa shape index (κ2) is 2.71. The normalized spacial score (nSPS) is 14.6. The van der Waals surface area contributed by atoms with E-state index in [2.05, 4.69) is 36.5 Å². The predicted molar refractivity (Wildman–Crippen MR) is 46.9 cm³/mol. The number of nitrogens with zero attached hydrogens (tertiary/aromatic N) is 2. The number of amides is 1. The van der Waals surface area contributed by atoms with Crippen molar-refractivity contribution in [2.24, 2.45) is 0 Å². The fourth-order valence-electron chi connectivity index (χ4n) is 0.924. The third kappa shape index (κ3) is 1.25. The second-order valence-corrected chi connectivity index (χ2v) is 3.10. The number of anilines is 2. The smallest absolute Gasteiger partial charge is 0.244 e. The monoisotopic (exact) mass is 228 g/mol. The maximum absolute atomic E-state index is 10.9. The lowest BCUT2D eigenvalue weighted by molar-refractivity contribution is -0.114. The summed E-state index contributed by atoms with van der Waals surface area (Å²) in [5, 5.41) is 5.43. The minimum Gasteiger partial charge on any atom is -0.358 e. The van der Waals surface area contributed by atoms with Gasteiger partial charge in [-0.3, -0.25) is 4.79 Å². The van der Waals surface area contributed by atoms with Crippen LogP contribution in [0.5, 0.6) is 0 Å². The number of hydrogen-bond acceptors (Lipinski definition) is 4. The zero-order valence-electron chi connectivity index (χ0n) is 5.97. The molecule has 5 nitrogen and oxygen atoms in total. The van der Waals surface area contributed by atoms with Crippen LogP contribution in [0, 0.1) is 0 Å². The van der Waals surface area contributed by atoms with Crippen LogP contribution in [0.1, 0.15) is 0 Å². The predicted octanol–water partition coefficient (Wildman–Crippen LogP) is 0.603. The van der Waals surface area contributed by atoms with Crippen molar-refractivity contribution in [1.29, 1.82) is 0 Å². The van der Waals surface area contributed by atoms with E-state index in [4.69, 9.17) is 0 Å². The number of hydrogen-bond donors (Lipinski definition) is 2. The molecule has 1 amide bonds. The van der Waals surface area contributed by atoms with Crippen LogP contribution < -0.4 is 10.6 Å². The van der Waals surface area contributed by atoms with Crippen molar-refractivity contribution in [2.45, 2.75) is 0 Å². The van der Waals surface area contributed by atoms with Crippen molar-refractivity contribution in [3.8, 4) is 0 Å². The molecule has 0 fully saturated rings. The average molecular weight is 229 g/mol. The van der Waals surface area contributed by atoms with Crippen LogP contribution in [-0.4, -0.2) is 22.4 Å². The van der Waals surface area contributed by atoms with Gasteiger partial charge in [0, 0.05) is 0 Å². The maximum Gasteiger partial charge on any atom is 0.244 e. The van der Waals surface area contributed by atoms with Crippen LogP contribution in [0.25, 0.3) is 0 Å². The van der Waals surface area contributed by atoms with E-state index in [9.17, 15) is 4.79 Å². The zero-order chi connectivity index (χ0) is 8.55. The first-order valence-electron chi connectivity index (χ1n) is 3.32. The standard InChI is InChI=1S/C6H5BrN4O/c7-3-1-8-5-6(10-3)11-4(12)2-9-5/h1H,2H2,(H,8,9)(H,10,11,12). The molecular formula is C6H5BrN4O. The molecule has 0 aliphatic carbocycles. The average Bonchev–Trinajstić information content (AvgIpc) is 2.03. The van der Waals surface area contributed by atoms with Gasteiger partial charge >= 0.3 is 0 Å². The Kier molecular flexibility index (Phi) is 1.69. The molecule has 1 aromatic heterocycles. The van der Waals surface area contributed by atoms with Crippen LogP contribution in [0.2, 0.25) is 0 Å². The summed E-state index contributed by atoms with van der Waals surface area (Å²) in [6.45, 7) is 0.253. The van der Waals surface area contributed by atoms with Gasteiger partial charge in [0.2, 0.25) is 5.91 Å². The summed E-state index contributed by atoms with van der Waals surface area (Å²) in [5.41, 5.74) is 0.